The van der Waals surface area contributed by atoms with Crippen LogP contribution in [-0.2, 0) is 25.7 Å². The Labute approximate surface area is 411 Å². The minimum atomic E-state index is 0.851. The maximum Gasteiger partial charge on any atom is 0.119 e. The van der Waals surface area contributed by atoms with Gasteiger partial charge < -0.3 is 28.4 Å². The first kappa shape index (κ1) is 42.4. The Balaban J connectivity index is 0.905. The van der Waals surface area contributed by atoms with Crippen LogP contribution in [0.2, 0.25) is 0 Å². The molecule has 0 amide bonds. The third-order valence-electron chi connectivity index (χ3n) is 15.5. The highest BCUT2D eigenvalue weighted by Crippen LogP contribution is 2.46. The Morgan fingerprint density at radius 2 is 0.871 bits per heavy atom. The van der Waals surface area contributed by atoms with Gasteiger partial charge in [-0.25, -0.2) is 0 Å². The topological polar surface area (TPSA) is 34.8 Å². The fourth-order valence-electron chi connectivity index (χ4n) is 12.4. The van der Waals surface area contributed by atoms with E-state index in [1.54, 1.807) is 14.2 Å². The molecule has 346 valence electrons. The number of rotatable bonds is 10. The lowest BCUT2D eigenvalue weighted by molar-refractivity contribution is 0.414. The molecule has 0 fully saturated rings. The molecule has 0 aliphatic carbocycles. The van der Waals surface area contributed by atoms with Gasteiger partial charge in [-0.1, -0.05) is 78.9 Å². The zero-order chi connectivity index (χ0) is 46.7. The monoisotopic (exact) mass is 914 g/mol. The summed E-state index contributed by atoms with van der Waals surface area (Å²) in [6, 6.07) is 53.9. The standard InChI is InChI=1S/C64H58N4O2/c1-69-53-29-25-51(26-30-53)67-59-18-6-4-16-57(59)61(49-39-45-11-7-35-65-36-8-12-46(40-49)62(45)65)60(67)34-24-44-21-19-43(20-22-44)23-33-56-55-15-3-5-17-58(55)68(52-27-31-54(70-2)32-28-52)64(56)50-41-47-13-9-37-66-38-10-14-48(42-50)63(47)66/h3-6,15-34,39-42H,7-14,35-38H2,1-2H3/b33-23+,34-24+. The first-order chi connectivity index (χ1) is 34.6. The second-order valence-electron chi connectivity index (χ2n) is 19.6. The third-order valence-corrected chi connectivity index (χ3v) is 15.5. The van der Waals surface area contributed by atoms with Crippen LogP contribution in [0.1, 0.15) is 70.3 Å². The van der Waals surface area contributed by atoms with E-state index >= 15 is 0 Å². The Morgan fingerprint density at radius 3 is 1.39 bits per heavy atom. The van der Waals surface area contributed by atoms with Crippen molar-refractivity contribution in [2.75, 3.05) is 50.2 Å². The van der Waals surface area contributed by atoms with Gasteiger partial charge in [-0.05, 0) is 187 Å². The van der Waals surface area contributed by atoms with Gasteiger partial charge in [0.15, 0.2) is 0 Å². The summed E-state index contributed by atoms with van der Waals surface area (Å²) < 4.78 is 16.1. The Morgan fingerprint density at radius 1 is 0.429 bits per heavy atom. The van der Waals surface area contributed by atoms with Gasteiger partial charge in [-0.15, -0.1) is 0 Å². The van der Waals surface area contributed by atoms with Gasteiger partial charge in [0.05, 0.1) is 36.6 Å². The molecule has 4 aliphatic heterocycles. The van der Waals surface area contributed by atoms with Gasteiger partial charge in [-0.2, -0.15) is 0 Å². The van der Waals surface area contributed by atoms with Gasteiger partial charge in [0.2, 0.25) is 0 Å². The van der Waals surface area contributed by atoms with E-state index in [-0.39, 0.29) is 0 Å². The van der Waals surface area contributed by atoms with E-state index < -0.39 is 0 Å². The lowest BCUT2D eigenvalue weighted by Crippen LogP contribution is -2.34. The van der Waals surface area contributed by atoms with E-state index in [9.17, 15) is 0 Å². The minimum absolute atomic E-state index is 0.851. The molecule has 0 spiro atoms. The summed E-state index contributed by atoms with van der Waals surface area (Å²) in [6.07, 6.45) is 18.6. The highest BCUT2D eigenvalue weighted by molar-refractivity contribution is 6.04. The summed E-state index contributed by atoms with van der Waals surface area (Å²) in [5, 5.41) is 2.50. The zero-order valence-electron chi connectivity index (χ0n) is 40.3. The van der Waals surface area contributed by atoms with Crippen LogP contribution in [-0.4, -0.2) is 49.5 Å². The predicted octanol–water partition coefficient (Wildman–Crippen LogP) is 14.7. The van der Waals surface area contributed by atoms with Crippen LogP contribution in [0, 0.1) is 0 Å². The second-order valence-corrected chi connectivity index (χ2v) is 19.6. The maximum atomic E-state index is 5.62. The van der Waals surface area contributed by atoms with E-state index in [1.165, 1.54) is 128 Å². The van der Waals surface area contributed by atoms with Crippen molar-refractivity contribution < 1.29 is 9.47 Å². The average Bonchev–Trinajstić information content (AvgIpc) is 3.93. The smallest absolute Gasteiger partial charge is 0.119 e. The molecule has 0 unspecified atom stereocenters. The lowest BCUT2D eigenvalue weighted by atomic mass is 9.87. The van der Waals surface area contributed by atoms with Crippen LogP contribution in [0.4, 0.5) is 11.4 Å². The fraction of sp³-hybridized carbons (Fsp3) is 0.219. The van der Waals surface area contributed by atoms with Crippen LogP contribution in [0.3, 0.4) is 0 Å². The predicted molar refractivity (Wildman–Crippen MR) is 293 cm³/mol. The normalized spacial score (nSPS) is 15.3. The number of hydrogen-bond acceptors (Lipinski definition) is 4. The number of fused-ring (bicyclic) bond motifs is 2. The summed E-state index contributed by atoms with van der Waals surface area (Å²) in [4.78, 5) is 5.27. The zero-order valence-corrected chi connectivity index (χ0v) is 40.3. The highest BCUT2D eigenvalue weighted by Gasteiger charge is 2.29. The molecule has 2 aromatic heterocycles. The lowest BCUT2D eigenvalue weighted by Gasteiger charge is -2.37. The van der Waals surface area contributed by atoms with Gasteiger partial charge in [0.1, 0.15) is 11.5 Å². The molecule has 0 atom stereocenters. The molecular weight excluding hydrogens is 857 g/mol. The first-order valence-electron chi connectivity index (χ1n) is 25.4. The summed E-state index contributed by atoms with van der Waals surface area (Å²) in [5.41, 5.74) is 23.4. The number of ether oxygens (including phenoxy) is 2. The second kappa shape index (κ2) is 17.7. The molecule has 6 nitrogen and oxygen atoms in total. The highest BCUT2D eigenvalue weighted by atomic mass is 16.5. The molecule has 0 saturated heterocycles. The number of hydrogen-bond donors (Lipinski definition) is 0. The van der Waals surface area contributed by atoms with Gasteiger partial charge in [0.25, 0.3) is 0 Å². The van der Waals surface area contributed by atoms with Crippen molar-refractivity contribution in [3.8, 4) is 45.3 Å². The molecule has 70 heavy (non-hydrogen) atoms. The van der Waals surface area contributed by atoms with Crippen LogP contribution >= 0.6 is 0 Å². The fourth-order valence-corrected chi connectivity index (χ4v) is 12.4. The average molecular weight is 915 g/mol. The molecule has 0 bridgehead atoms. The third kappa shape index (κ3) is 7.31. The first-order valence-corrected chi connectivity index (χ1v) is 25.4. The van der Waals surface area contributed by atoms with Crippen molar-refractivity contribution in [1.29, 1.82) is 0 Å². The maximum absolute atomic E-state index is 5.62. The van der Waals surface area contributed by atoms with Crippen LogP contribution in [0.15, 0.2) is 146 Å². The van der Waals surface area contributed by atoms with E-state index in [1.807, 2.05) is 0 Å². The molecule has 0 N–H and O–H groups in total. The number of anilines is 2. The van der Waals surface area contributed by atoms with E-state index in [2.05, 4.69) is 189 Å². The van der Waals surface area contributed by atoms with Crippen molar-refractivity contribution in [3.63, 3.8) is 0 Å². The van der Waals surface area contributed by atoms with Crippen molar-refractivity contribution in [1.82, 2.24) is 9.13 Å². The molecule has 9 aromatic rings. The number of benzene rings is 7. The van der Waals surface area contributed by atoms with E-state index in [0.29, 0.717) is 0 Å². The van der Waals surface area contributed by atoms with Gasteiger partial charge in [0, 0.05) is 70.8 Å². The minimum Gasteiger partial charge on any atom is -0.497 e. The summed E-state index contributed by atoms with van der Waals surface area (Å²) in [6.45, 7) is 4.67. The van der Waals surface area contributed by atoms with Crippen molar-refractivity contribution in [2.24, 2.45) is 0 Å². The number of aryl methyl sites for hydroxylation is 4. The Bertz CT molecular complexity index is 3450. The summed E-state index contributed by atoms with van der Waals surface area (Å²) >= 11 is 0. The van der Waals surface area contributed by atoms with Crippen LogP contribution < -0.4 is 19.3 Å². The molecule has 13 rings (SSSR count). The van der Waals surface area contributed by atoms with Crippen molar-refractivity contribution >= 4 is 57.5 Å². The Kier molecular flexibility index (Phi) is 10.7. The molecule has 7 aromatic carbocycles. The van der Waals surface area contributed by atoms with Gasteiger partial charge >= 0.3 is 0 Å². The molecule has 4 aliphatic rings. The molecule has 0 saturated carbocycles. The molecule has 6 heteroatoms. The quantitative estimate of drug-likeness (QED) is 0.137. The van der Waals surface area contributed by atoms with Crippen molar-refractivity contribution in [3.05, 3.63) is 190 Å². The summed E-state index contributed by atoms with van der Waals surface area (Å²) in [7, 11) is 3.47. The SMILES string of the molecule is COc1ccc(-n2c(/C=C/c3ccc(/C=C/c4c(-c5cc6c7c(c5)CCCN7CCC6)n(-c5ccc(OC)cc5)c5ccccc45)cc3)c(-c3cc4c5c(c3)CCCN5CCC4)c3ccccc32)cc1. The van der Waals surface area contributed by atoms with Crippen LogP contribution in [0.25, 0.3) is 79.9 Å². The number of nitrogens with zero attached hydrogens (tertiary/aromatic N) is 4. The van der Waals surface area contributed by atoms with E-state index in [0.717, 1.165) is 72.8 Å². The Hall–Kier alpha value is -7.70. The summed E-state index contributed by atoms with van der Waals surface area (Å²) in [5.74, 6) is 1.71. The number of aromatic nitrogens is 2. The van der Waals surface area contributed by atoms with Crippen LogP contribution in [0.5, 0.6) is 11.5 Å². The van der Waals surface area contributed by atoms with Crippen molar-refractivity contribution in [2.45, 2.75) is 51.4 Å². The molecular formula is C64H58N4O2. The largest absolute Gasteiger partial charge is 0.497 e. The number of para-hydroxylation sites is 2. The molecule has 6 heterocycles. The van der Waals surface area contributed by atoms with Gasteiger partial charge in [-0.3, -0.25) is 0 Å². The number of methoxy groups -OCH3 is 2. The van der Waals surface area contributed by atoms with E-state index in [4.69, 9.17) is 9.47 Å². The molecule has 0 radical (unpaired) electrons.